The summed E-state index contributed by atoms with van der Waals surface area (Å²) in [5, 5.41) is 11.5. The molecule has 102 valence electrons. The van der Waals surface area contributed by atoms with Gasteiger partial charge in [-0.2, -0.15) is 0 Å². The molecule has 2 rings (SSSR count). The number of nitrogens with zero attached hydrogens (tertiary/aromatic N) is 1. The highest BCUT2D eigenvalue weighted by Crippen LogP contribution is 2.18. The summed E-state index contributed by atoms with van der Waals surface area (Å²) in [6.07, 6.45) is 0. The normalized spacial score (nSPS) is 14.7. The average Bonchev–Trinajstić information content (AvgIpc) is 2.34. The largest absolute Gasteiger partial charge is 0.496 e. The minimum Gasteiger partial charge on any atom is -0.496 e. The van der Waals surface area contributed by atoms with E-state index in [-0.39, 0.29) is 19.1 Å². The summed E-state index contributed by atoms with van der Waals surface area (Å²) in [6.45, 7) is 0.900. The maximum Gasteiger partial charge on any atom is 0.317 e. The molecule has 6 heteroatoms. The number of methoxy groups -OCH3 is 1. The van der Waals surface area contributed by atoms with E-state index in [1.807, 2.05) is 24.3 Å². The van der Waals surface area contributed by atoms with E-state index in [0.717, 1.165) is 11.3 Å². The molecule has 0 aliphatic carbocycles. The quantitative estimate of drug-likeness (QED) is 0.847. The lowest BCUT2D eigenvalue weighted by Gasteiger charge is -2.36. The van der Waals surface area contributed by atoms with Crippen LogP contribution in [0.2, 0.25) is 0 Å². The van der Waals surface area contributed by atoms with Gasteiger partial charge in [-0.1, -0.05) is 18.2 Å². The van der Waals surface area contributed by atoms with Gasteiger partial charge in [0.1, 0.15) is 5.75 Å². The van der Waals surface area contributed by atoms with Crippen molar-refractivity contribution in [1.82, 2.24) is 10.2 Å². The zero-order chi connectivity index (χ0) is 13.8. The average molecular weight is 264 g/mol. The standard InChI is InChI=1S/C13H16N2O4/c1-19-11-5-3-2-4-9(11)6-14-13(18)15-7-10(8-15)12(16)17/h2-5,10H,6-8H2,1H3,(H,14,18)(H,16,17). The Balaban J connectivity index is 1.83. The van der Waals surface area contributed by atoms with E-state index in [1.165, 1.54) is 4.90 Å². The van der Waals surface area contributed by atoms with Gasteiger partial charge >= 0.3 is 12.0 Å². The second-order valence-corrected chi connectivity index (χ2v) is 4.41. The monoisotopic (exact) mass is 264 g/mol. The Hall–Kier alpha value is -2.24. The van der Waals surface area contributed by atoms with E-state index in [9.17, 15) is 9.59 Å². The molecule has 1 heterocycles. The second-order valence-electron chi connectivity index (χ2n) is 4.41. The lowest BCUT2D eigenvalue weighted by molar-refractivity contribution is -0.146. The van der Waals surface area contributed by atoms with Crippen LogP contribution in [0.15, 0.2) is 24.3 Å². The molecule has 0 unspecified atom stereocenters. The minimum absolute atomic E-state index is 0.247. The van der Waals surface area contributed by atoms with E-state index in [1.54, 1.807) is 7.11 Å². The molecule has 0 spiro atoms. The number of carbonyl (C=O) groups is 2. The van der Waals surface area contributed by atoms with Crippen LogP contribution < -0.4 is 10.1 Å². The Morgan fingerprint density at radius 2 is 2.11 bits per heavy atom. The van der Waals surface area contributed by atoms with Gasteiger partial charge in [-0.15, -0.1) is 0 Å². The lowest BCUT2D eigenvalue weighted by atomic mass is 10.0. The number of aliphatic carboxylic acids is 1. The summed E-state index contributed by atoms with van der Waals surface area (Å²) in [5.74, 6) is -0.569. The molecule has 6 nitrogen and oxygen atoms in total. The molecule has 1 aliphatic rings. The summed E-state index contributed by atoms with van der Waals surface area (Å²) in [5.41, 5.74) is 0.883. The number of ether oxygens (including phenoxy) is 1. The van der Waals surface area contributed by atoms with Gasteiger partial charge in [0.15, 0.2) is 0 Å². The topological polar surface area (TPSA) is 78.9 Å². The Kier molecular flexibility index (Phi) is 3.89. The van der Waals surface area contributed by atoms with Crippen molar-refractivity contribution in [2.45, 2.75) is 6.54 Å². The van der Waals surface area contributed by atoms with Crippen LogP contribution in [-0.2, 0) is 11.3 Å². The van der Waals surface area contributed by atoms with Gasteiger partial charge in [-0.3, -0.25) is 4.79 Å². The number of nitrogens with one attached hydrogen (secondary N) is 1. The van der Waals surface area contributed by atoms with Crippen molar-refractivity contribution in [1.29, 1.82) is 0 Å². The number of hydrogen-bond acceptors (Lipinski definition) is 3. The van der Waals surface area contributed by atoms with Crippen molar-refractivity contribution in [3.05, 3.63) is 29.8 Å². The van der Waals surface area contributed by atoms with Crippen LogP contribution in [0, 0.1) is 5.92 Å². The van der Waals surface area contributed by atoms with E-state index < -0.39 is 11.9 Å². The number of urea groups is 1. The van der Waals surface area contributed by atoms with Crippen molar-refractivity contribution in [2.75, 3.05) is 20.2 Å². The van der Waals surface area contributed by atoms with Crippen LogP contribution in [0.25, 0.3) is 0 Å². The summed E-state index contributed by atoms with van der Waals surface area (Å²) < 4.78 is 5.18. The third-order valence-electron chi connectivity index (χ3n) is 3.14. The summed E-state index contributed by atoms with van der Waals surface area (Å²) in [7, 11) is 1.58. The molecule has 2 N–H and O–H groups in total. The van der Waals surface area contributed by atoms with Crippen molar-refractivity contribution in [2.24, 2.45) is 5.92 Å². The molecule has 0 atom stereocenters. The van der Waals surface area contributed by atoms with Crippen molar-refractivity contribution < 1.29 is 19.4 Å². The zero-order valence-electron chi connectivity index (χ0n) is 10.6. The van der Waals surface area contributed by atoms with Crippen molar-refractivity contribution in [3.63, 3.8) is 0 Å². The number of carboxylic acids is 1. The number of amides is 2. The highest BCUT2D eigenvalue weighted by Gasteiger charge is 2.35. The molecule has 1 aromatic carbocycles. The van der Waals surface area contributed by atoms with Crippen molar-refractivity contribution >= 4 is 12.0 Å². The van der Waals surface area contributed by atoms with Gasteiger partial charge in [-0.25, -0.2) is 4.79 Å². The van der Waals surface area contributed by atoms with E-state index in [4.69, 9.17) is 9.84 Å². The van der Waals surface area contributed by atoms with Crippen LogP contribution in [-0.4, -0.2) is 42.2 Å². The van der Waals surface area contributed by atoms with Crippen LogP contribution in [0.5, 0.6) is 5.75 Å². The molecule has 0 bridgehead atoms. The molecule has 1 saturated heterocycles. The molecule has 19 heavy (non-hydrogen) atoms. The number of para-hydroxylation sites is 1. The molecule has 0 saturated carbocycles. The van der Waals surface area contributed by atoms with E-state index in [2.05, 4.69) is 5.32 Å². The number of benzene rings is 1. The molecule has 1 aromatic rings. The lowest BCUT2D eigenvalue weighted by Crippen LogP contribution is -2.56. The summed E-state index contributed by atoms with van der Waals surface area (Å²) in [6, 6.07) is 7.18. The van der Waals surface area contributed by atoms with Crippen LogP contribution in [0.3, 0.4) is 0 Å². The van der Waals surface area contributed by atoms with E-state index >= 15 is 0 Å². The van der Waals surface area contributed by atoms with E-state index in [0.29, 0.717) is 6.54 Å². The number of hydrogen-bond donors (Lipinski definition) is 2. The number of carboxylic acid groups (broad SMARTS) is 1. The van der Waals surface area contributed by atoms with Gasteiger partial charge in [0.05, 0.1) is 13.0 Å². The predicted octanol–water partition coefficient (Wildman–Crippen LogP) is 0.921. The Bertz CT molecular complexity index is 483. The Morgan fingerprint density at radius 3 is 2.74 bits per heavy atom. The molecule has 1 fully saturated rings. The van der Waals surface area contributed by atoms with Gasteiger partial charge in [0.25, 0.3) is 0 Å². The van der Waals surface area contributed by atoms with Gasteiger partial charge in [0.2, 0.25) is 0 Å². The third-order valence-corrected chi connectivity index (χ3v) is 3.14. The second kappa shape index (κ2) is 5.60. The summed E-state index contributed by atoms with van der Waals surface area (Å²) >= 11 is 0. The van der Waals surface area contributed by atoms with Crippen LogP contribution in [0.1, 0.15) is 5.56 Å². The molecule has 0 radical (unpaired) electrons. The first kappa shape index (κ1) is 13.2. The zero-order valence-corrected chi connectivity index (χ0v) is 10.6. The smallest absolute Gasteiger partial charge is 0.317 e. The molecular weight excluding hydrogens is 248 g/mol. The van der Waals surface area contributed by atoms with Gasteiger partial charge in [-0.05, 0) is 6.07 Å². The molecule has 2 amide bonds. The Morgan fingerprint density at radius 1 is 1.42 bits per heavy atom. The van der Waals surface area contributed by atoms with Crippen LogP contribution >= 0.6 is 0 Å². The fourth-order valence-electron chi connectivity index (χ4n) is 1.93. The molecule has 0 aromatic heterocycles. The summed E-state index contributed by atoms with van der Waals surface area (Å²) in [4.78, 5) is 23.9. The highest BCUT2D eigenvalue weighted by molar-refractivity contribution is 5.79. The third kappa shape index (κ3) is 2.96. The molecule has 1 aliphatic heterocycles. The Labute approximate surface area is 111 Å². The number of likely N-dealkylation sites (tertiary alicyclic amines) is 1. The fourth-order valence-corrected chi connectivity index (χ4v) is 1.93. The van der Waals surface area contributed by atoms with Crippen LogP contribution in [0.4, 0.5) is 4.79 Å². The first-order valence-corrected chi connectivity index (χ1v) is 5.99. The highest BCUT2D eigenvalue weighted by atomic mass is 16.5. The molecular formula is C13H16N2O4. The predicted molar refractivity (Wildman–Crippen MR) is 67.9 cm³/mol. The minimum atomic E-state index is -0.853. The van der Waals surface area contributed by atoms with Crippen molar-refractivity contribution in [3.8, 4) is 5.75 Å². The SMILES string of the molecule is COc1ccccc1CNC(=O)N1CC(C(=O)O)C1. The maximum absolute atomic E-state index is 11.7. The fraction of sp³-hybridized carbons (Fsp3) is 0.385. The van der Waals surface area contributed by atoms with Gasteiger partial charge in [0, 0.05) is 25.2 Å². The first-order chi connectivity index (χ1) is 9.11. The van der Waals surface area contributed by atoms with Gasteiger partial charge < -0.3 is 20.1 Å². The first-order valence-electron chi connectivity index (χ1n) is 5.99. The number of rotatable bonds is 4. The number of carbonyl (C=O) groups excluding carboxylic acids is 1. The maximum atomic E-state index is 11.7.